The van der Waals surface area contributed by atoms with Gasteiger partial charge < -0.3 is 20.7 Å². The second kappa shape index (κ2) is 6.65. The molecule has 1 amide bonds. The van der Waals surface area contributed by atoms with Gasteiger partial charge in [0.2, 0.25) is 0 Å². The average Bonchev–Trinajstić information content (AvgIpc) is 2.69. The van der Waals surface area contributed by atoms with Gasteiger partial charge in [0.05, 0.1) is 24.0 Å². The summed E-state index contributed by atoms with van der Waals surface area (Å²) in [6, 6.07) is -0.714. The van der Waals surface area contributed by atoms with Gasteiger partial charge in [0.15, 0.2) is 0 Å². The van der Waals surface area contributed by atoms with E-state index in [0.717, 1.165) is 0 Å². The topological polar surface area (TPSA) is 85.4 Å². The Labute approximate surface area is 131 Å². The van der Waals surface area contributed by atoms with E-state index in [1.165, 1.54) is 13.3 Å². The fourth-order valence-corrected chi connectivity index (χ4v) is 2.82. The number of nitrogens with two attached hydrogens (primary N) is 1. The van der Waals surface area contributed by atoms with Gasteiger partial charge in [-0.3, -0.25) is 9.48 Å². The maximum absolute atomic E-state index is 12.5. The van der Waals surface area contributed by atoms with Crippen molar-refractivity contribution in [2.24, 2.45) is 7.05 Å². The lowest BCUT2D eigenvalue weighted by Crippen LogP contribution is -2.49. The minimum absolute atomic E-state index is 0.310. The van der Waals surface area contributed by atoms with Crippen molar-refractivity contribution >= 4 is 17.4 Å². The quantitative estimate of drug-likeness (QED) is 0.848. The van der Waals surface area contributed by atoms with Gasteiger partial charge in [-0.25, -0.2) is 0 Å². The van der Waals surface area contributed by atoms with Gasteiger partial charge in [0.1, 0.15) is 5.82 Å². The molecule has 1 saturated heterocycles. The van der Waals surface area contributed by atoms with Crippen LogP contribution >= 0.6 is 0 Å². The van der Waals surface area contributed by atoms with E-state index in [0.29, 0.717) is 37.4 Å². The van der Waals surface area contributed by atoms with Crippen LogP contribution in [0.25, 0.3) is 0 Å². The SMILES string of the molecule is CO[C@H]1CCN(c2c(N)cnn2C)CC[C@H]1NC(=O)C(F)(F)F. The van der Waals surface area contributed by atoms with Gasteiger partial charge in [0, 0.05) is 27.2 Å². The van der Waals surface area contributed by atoms with E-state index in [1.807, 2.05) is 10.2 Å². The number of nitrogen functional groups attached to an aromatic ring is 1. The highest BCUT2D eigenvalue weighted by Gasteiger charge is 2.41. The number of aryl methyl sites for hydroxylation is 1. The van der Waals surface area contributed by atoms with E-state index in [-0.39, 0.29) is 0 Å². The van der Waals surface area contributed by atoms with E-state index in [9.17, 15) is 18.0 Å². The largest absolute Gasteiger partial charge is 0.471 e. The molecule has 2 atom stereocenters. The maximum atomic E-state index is 12.5. The Morgan fingerprint density at radius 2 is 2.09 bits per heavy atom. The molecule has 1 aliphatic heterocycles. The van der Waals surface area contributed by atoms with Crippen molar-refractivity contribution in [2.45, 2.75) is 31.2 Å². The van der Waals surface area contributed by atoms with Gasteiger partial charge in [-0.2, -0.15) is 18.3 Å². The number of methoxy groups -OCH3 is 1. The van der Waals surface area contributed by atoms with Crippen LogP contribution in [0.1, 0.15) is 12.8 Å². The molecule has 1 aromatic rings. The second-order valence-electron chi connectivity index (χ2n) is 5.46. The zero-order chi connectivity index (χ0) is 17.2. The molecule has 1 fully saturated rings. The summed E-state index contributed by atoms with van der Waals surface area (Å²) < 4.78 is 44.2. The first kappa shape index (κ1) is 17.4. The van der Waals surface area contributed by atoms with Crippen LogP contribution < -0.4 is 16.0 Å². The fourth-order valence-electron chi connectivity index (χ4n) is 2.82. The molecule has 1 aromatic heterocycles. The molecule has 0 spiro atoms. The first-order chi connectivity index (χ1) is 10.7. The van der Waals surface area contributed by atoms with Crippen molar-refractivity contribution in [2.75, 3.05) is 30.8 Å². The molecule has 7 nitrogen and oxygen atoms in total. The number of anilines is 2. The number of ether oxygens (including phenoxy) is 1. The van der Waals surface area contributed by atoms with E-state index >= 15 is 0 Å². The third kappa shape index (κ3) is 3.87. The van der Waals surface area contributed by atoms with Gasteiger partial charge in [-0.1, -0.05) is 0 Å². The molecular weight excluding hydrogens is 315 g/mol. The van der Waals surface area contributed by atoms with Crippen LogP contribution in [0.5, 0.6) is 0 Å². The van der Waals surface area contributed by atoms with Crippen molar-refractivity contribution < 1.29 is 22.7 Å². The average molecular weight is 335 g/mol. The number of halogens is 3. The Kier molecular flexibility index (Phi) is 5.03. The van der Waals surface area contributed by atoms with Crippen molar-refractivity contribution in [1.82, 2.24) is 15.1 Å². The molecule has 0 aromatic carbocycles. The highest BCUT2D eigenvalue weighted by atomic mass is 19.4. The summed E-state index contributed by atoms with van der Waals surface area (Å²) >= 11 is 0. The summed E-state index contributed by atoms with van der Waals surface area (Å²) in [4.78, 5) is 13.1. The third-order valence-electron chi connectivity index (χ3n) is 3.95. The number of nitrogens with zero attached hydrogens (tertiary/aromatic N) is 3. The summed E-state index contributed by atoms with van der Waals surface area (Å²) in [5, 5.41) is 6.09. The minimum atomic E-state index is -4.91. The van der Waals surface area contributed by atoms with E-state index in [2.05, 4.69) is 5.10 Å². The molecule has 0 aliphatic carbocycles. The predicted octanol–water partition coefficient (Wildman–Crippen LogP) is 0.665. The maximum Gasteiger partial charge on any atom is 0.471 e. The number of aromatic nitrogens is 2. The summed E-state index contributed by atoms with van der Waals surface area (Å²) in [6.45, 7) is 0.979. The number of alkyl halides is 3. The first-order valence-corrected chi connectivity index (χ1v) is 7.17. The summed E-state index contributed by atoms with van der Waals surface area (Å²) in [5.74, 6) is -1.24. The zero-order valence-electron chi connectivity index (χ0n) is 12.9. The smallest absolute Gasteiger partial charge is 0.394 e. The molecule has 1 aliphatic rings. The predicted molar refractivity (Wildman–Crippen MR) is 77.9 cm³/mol. The molecule has 0 bridgehead atoms. The molecule has 2 rings (SSSR count). The van der Waals surface area contributed by atoms with E-state index in [4.69, 9.17) is 10.5 Å². The number of amides is 1. The Bertz CT molecular complexity index is 541. The van der Waals surface area contributed by atoms with Crippen molar-refractivity contribution in [3.05, 3.63) is 6.20 Å². The highest BCUT2D eigenvalue weighted by Crippen LogP contribution is 2.26. The molecule has 10 heteroatoms. The van der Waals surface area contributed by atoms with Crippen LogP contribution in [0.4, 0.5) is 24.7 Å². The van der Waals surface area contributed by atoms with Gasteiger partial charge >= 0.3 is 12.1 Å². The molecule has 0 unspecified atom stereocenters. The summed E-state index contributed by atoms with van der Waals surface area (Å²) in [7, 11) is 3.17. The van der Waals surface area contributed by atoms with Gasteiger partial charge in [-0.15, -0.1) is 0 Å². The summed E-state index contributed by atoms with van der Waals surface area (Å²) in [6.07, 6.45) is -3.11. The normalized spacial score (nSPS) is 22.7. The Hall–Kier alpha value is -1.97. The Morgan fingerprint density at radius 1 is 1.43 bits per heavy atom. The first-order valence-electron chi connectivity index (χ1n) is 7.17. The Balaban J connectivity index is 2.11. The van der Waals surface area contributed by atoms with Crippen LogP contribution in [-0.4, -0.2) is 54.2 Å². The standard InChI is InChI=1S/C13H20F3N5O2/c1-20-11(8(17)7-18-20)21-5-3-9(10(23-2)4-6-21)19-12(22)13(14,15)16/h7,9-10H,3-6,17H2,1-2H3,(H,19,22)/t9-,10+/m1/s1. The lowest BCUT2D eigenvalue weighted by Gasteiger charge is -2.24. The van der Waals surface area contributed by atoms with Crippen LogP contribution in [0, 0.1) is 0 Å². The lowest BCUT2D eigenvalue weighted by atomic mass is 10.1. The highest BCUT2D eigenvalue weighted by molar-refractivity contribution is 5.82. The summed E-state index contributed by atoms with van der Waals surface area (Å²) in [5.41, 5.74) is 6.39. The van der Waals surface area contributed by atoms with Crippen molar-refractivity contribution in [1.29, 1.82) is 0 Å². The van der Waals surface area contributed by atoms with Crippen LogP contribution in [0.2, 0.25) is 0 Å². The van der Waals surface area contributed by atoms with E-state index in [1.54, 1.807) is 11.7 Å². The van der Waals surface area contributed by atoms with E-state index < -0.39 is 24.2 Å². The number of hydrogen-bond donors (Lipinski definition) is 2. The number of carbonyl (C=O) groups is 1. The monoisotopic (exact) mass is 335 g/mol. The van der Waals surface area contributed by atoms with Crippen LogP contribution in [-0.2, 0) is 16.6 Å². The molecule has 23 heavy (non-hydrogen) atoms. The molecule has 3 N–H and O–H groups in total. The van der Waals surface area contributed by atoms with Crippen LogP contribution in [0.15, 0.2) is 6.20 Å². The molecule has 2 heterocycles. The molecular formula is C13H20F3N5O2. The number of nitrogens with one attached hydrogen (secondary N) is 1. The molecule has 0 radical (unpaired) electrons. The van der Waals surface area contributed by atoms with Crippen LogP contribution in [0.3, 0.4) is 0 Å². The zero-order valence-corrected chi connectivity index (χ0v) is 12.9. The number of carbonyl (C=O) groups excluding carboxylic acids is 1. The minimum Gasteiger partial charge on any atom is -0.394 e. The Morgan fingerprint density at radius 3 is 2.61 bits per heavy atom. The molecule has 130 valence electrons. The number of rotatable bonds is 3. The van der Waals surface area contributed by atoms with Crippen molar-refractivity contribution in [3.8, 4) is 0 Å². The fraction of sp³-hybridized carbons (Fsp3) is 0.692. The van der Waals surface area contributed by atoms with Crippen molar-refractivity contribution in [3.63, 3.8) is 0 Å². The lowest BCUT2D eigenvalue weighted by molar-refractivity contribution is -0.175. The van der Waals surface area contributed by atoms with Gasteiger partial charge in [-0.05, 0) is 12.8 Å². The number of hydrogen-bond acceptors (Lipinski definition) is 5. The second-order valence-corrected chi connectivity index (χ2v) is 5.46. The molecule has 0 saturated carbocycles. The van der Waals surface area contributed by atoms with Gasteiger partial charge in [0.25, 0.3) is 0 Å². The third-order valence-corrected chi connectivity index (χ3v) is 3.95.